The molecule has 7 nitrogen and oxygen atoms in total. The molecular formula is C24H22N4O3S. The number of hydrogen-bond donors (Lipinski definition) is 1. The standard InChI is InChI=1S/C24H22N4O3S/c1-15-6-8-18-19(13-15)23(31)28(22(18)30)12-3-5-21(29)27-20-9-7-17(14-16(20)2)32-24-25-10-4-11-26-24/h4,6-11,13-14H,3,5,12H2,1-2H3,(H,27,29). The molecule has 0 spiro atoms. The van der Waals surface area contributed by atoms with Gasteiger partial charge >= 0.3 is 0 Å². The molecule has 0 bridgehead atoms. The summed E-state index contributed by atoms with van der Waals surface area (Å²) >= 11 is 1.45. The van der Waals surface area contributed by atoms with E-state index in [2.05, 4.69) is 15.3 Å². The second-order valence-corrected chi connectivity index (χ2v) is 8.61. The van der Waals surface area contributed by atoms with Crippen LogP contribution in [0.2, 0.25) is 0 Å². The molecule has 32 heavy (non-hydrogen) atoms. The van der Waals surface area contributed by atoms with E-state index in [1.54, 1.807) is 30.6 Å². The Balaban J connectivity index is 1.30. The molecule has 0 unspecified atom stereocenters. The lowest BCUT2D eigenvalue weighted by atomic mass is 10.1. The summed E-state index contributed by atoms with van der Waals surface area (Å²) < 4.78 is 0. The molecule has 0 fully saturated rings. The van der Waals surface area contributed by atoms with Gasteiger partial charge in [-0.15, -0.1) is 0 Å². The summed E-state index contributed by atoms with van der Waals surface area (Å²) in [6.07, 6.45) is 3.99. The first-order valence-corrected chi connectivity index (χ1v) is 11.1. The van der Waals surface area contributed by atoms with E-state index in [1.165, 1.54) is 16.7 Å². The number of rotatable bonds is 7. The van der Waals surface area contributed by atoms with Gasteiger partial charge in [0, 0.05) is 35.9 Å². The fraction of sp³-hybridized carbons (Fsp3) is 0.208. The van der Waals surface area contributed by atoms with Crippen LogP contribution in [0.1, 0.15) is 44.7 Å². The third-order valence-corrected chi connectivity index (χ3v) is 6.02. The number of carbonyl (C=O) groups is 3. The van der Waals surface area contributed by atoms with Crippen LogP contribution in [0.5, 0.6) is 0 Å². The maximum atomic E-state index is 12.5. The van der Waals surface area contributed by atoms with E-state index in [0.29, 0.717) is 22.7 Å². The van der Waals surface area contributed by atoms with Crippen molar-refractivity contribution < 1.29 is 14.4 Å². The number of anilines is 1. The minimum Gasteiger partial charge on any atom is -0.326 e. The molecule has 3 amide bonds. The minimum absolute atomic E-state index is 0.160. The van der Waals surface area contributed by atoms with Gasteiger partial charge in [-0.25, -0.2) is 9.97 Å². The van der Waals surface area contributed by atoms with Crippen molar-refractivity contribution in [2.24, 2.45) is 0 Å². The van der Waals surface area contributed by atoms with Crippen molar-refractivity contribution >= 4 is 35.2 Å². The average Bonchev–Trinajstić information content (AvgIpc) is 3.00. The number of hydrogen-bond acceptors (Lipinski definition) is 6. The fourth-order valence-corrected chi connectivity index (χ4v) is 4.31. The van der Waals surface area contributed by atoms with E-state index in [1.807, 2.05) is 38.1 Å². The van der Waals surface area contributed by atoms with Crippen LogP contribution in [0.4, 0.5) is 5.69 Å². The van der Waals surface area contributed by atoms with Gasteiger partial charge in [0.05, 0.1) is 11.1 Å². The third kappa shape index (κ3) is 4.70. The molecule has 0 saturated heterocycles. The Morgan fingerprint density at radius 2 is 1.75 bits per heavy atom. The average molecular weight is 447 g/mol. The summed E-state index contributed by atoms with van der Waals surface area (Å²) in [7, 11) is 0. The number of fused-ring (bicyclic) bond motifs is 1. The van der Waals surface area contributed by atoms with Crippen LogP contribution < -0.4 is 5.32 Å². The van der Waals surface area contributed by atoms with E-state index in [9.17, 15) is 14.4 Å². The summed E-state index contributed by atoms with van der Waals surface area (Å²) in [5.41, 5.74) is 3.45. The van der Waals surface area contributed by atoms with Crippen molar-refractivity contribution in [3.63, 3.8) is 0 Å². The van der Waals surface area contributed by atoms with Gasteiger partial charge in [0.25, 0.3) is 11.8 Å². The Kier molecular flexibility index (Phi) is 6.32. The van der Waals surface area contributed by atoms with Crippen LogP contribution >= 0.6 is 11.8 Å². The molecule has 0 atom stereocenters. The van der Waals surface area contributed by atoms with Gasteiger partial charge < -0.3 is 5.32 Å². The molecule has 2 aromatic carbocycles. The number of benzene rings is 2. The Hall–Kier alpha value is -3.52. The molecule has 8 heteroatoms. The van der Waals surface area contributed by atoms with Crippen LogP contribution in [-0.2, 0) is 4.79 Å². The Morgan fingerprint density at radius 1 is 1.00 bits per heavy atom. The molecule has 2 heterocycles. The largest absolute Gasteiger partial charge is 0.326 e. The topological polar surface area (TPSA) is 92.3 Å². The lowest BCUT2D eigenvalue weighted by Crippen LogP contribution is -2.31. The summed E-state index contributed by atoms with van der Waals surface area (Å²) in [4.78, 5) is 48.0. The summed E-state index contributed by atoms with van der Waals surface area (Å²) in [5, 5.41) is 3.57. The molecule has 1 aliphatic heterocycles. The monoisotopic (exact) mass is 446 g/mol. The van der Waals surface area contributed by atoms with E-state index in [4.69, 9.17) is 0 Å². The van der Waals surface area contributed by atoms with Gasteiger partial charge in [0.15, 0.2) is 5.16 Å². The van der Waals surface area contributed by atoms with Crippen LogP contribution in [0.15, 0.2) is 64.9 Å². The van der Waals surface area contributed by atoms with Crippen molar-refractivity contribution in [2.45, 2.75) is 36.7 Å². The lowest BCUT2D eigenvalue weighted by Gasteiger charge is -2.14. The summed E-state index contributed by atoms with van der Waals surface area (Å²) in [5.74, 6) is -0.746. The number of nitrogens with one attached hydrogen (secondary N) is 1. The highest BCUT2D eigenvalue weighted by atomic mass is 32.2. The van der Waals surface area contributed by atoms with Crippen molar-refractivity contribution in [1.29, 1.82) is 0 Å². The third-order valence-electron chi connectivity index (χ3n) is 5.13. The predicted octanol–water partition coefficient (Wildman–Crippen LogP) is 4.26. The first-order valence-electron chi connectivity index (χ1n) is 10.2. The number of amides is 3. The van der Waals surface area contributed by atoms with Gasteiger partial charge in [-0.05, 0) is 74.0 Å². The van der Waals surface area contributed by atoms with Gasteiger partial charge in [-0.2, -0.15) is 0 Å². The molecular weight excluding hydrogens is 424 g/mol. The molecule has 0 aliphatic carbocycles. The maximum absolute atomic E-state index is 12.5. The summed E-state index contributed by atoms with van der Waals surface area (Å²) in [6, 6.07) is 12.7. The highest BCUT2D eigenvalue weighted by Crippen LogP contribution is 2.28. The molecule has 1 N–H and O–H groups in total. The maximum Gasteiger partial charge on any atom is 0.261 e. The molecule has 1 aromatic heterocycles. The molecule has 0 radical (unpaired) electrons. The predicted molar refractivity (Wildman–Crippen MR) is 122 cm³/mol. The Morgan fingerprint density at radius 3 is 2.50 bits per heavy atom. The van der Waals surface area contributed by atoms with Gasteiger partial charge in [-0.1, -0.05) is 11.6 Å². The quantitative estimate of drug-likeness (QED) is 0.431. The number of imide groups is 1. The van der Waals surface area contributed by atoms with Gasteiger partial charge in [0.2, 0.25) is 5.91 Å². The minimum atomic E-state index is -0.295. The highest BCUT2D eigenvalue weighted by molar-refractivity contribution is 7.99. The Labute approximate surface area is 190 Å². The number of carbonyl (C=O) groups excluding carboxylic acids is 3. The zero-order valence-electron chi connectivity index (χ0n) is 17.8. The Bertz CT molecular complexity index is 1200. The van der Waals surface area contributed by atoms with Crippen LogP contribution in [0.25, 0.3) is 0 Å². The lowest BCUT2D eigenvalue weighted by molar-refractivity contribution is -0.116. The van der Waals surface area contributed by atoms with E-state index >= 15 is 0 Å². The normalized spacial score (nSPS) is 12.8. The van der Waals surface area contributed by atoms with E-state index < -0.39 is 0 Å². The highest BCUT2D eigenvalue weighted by Gasteiger charge is 2.34. The number of aryl methyl sites for hydroxylation is 2. The zero-order chi connectivity index (χ0) is 22.7. The van der Waals surface area contributed by atoms with Crippen LogP contribution in [-0.4, -0.2) is 39.1 Å². The smallest absolute Gasteiger partial charge is 0.261 e. The van der Waals surface area contributed by atoms with Crippen molar-refractivity contribution in [1.82, 2.24) is 14.9 Å². The SMILES string of the molecule is Cc1ccc2c(c1)C(=O)N(CCCC(=O)Nc1ccc(Sc3ncccn3)cc1C)C2=O. The number of aromatic nitrogens is 2. The van der Waals surface area contributed by atoms with Crippen molar-refractivity contribution in [2.75, 3.05) is 11.9 Å². The zero-order valence-corrected chi connectivity index (χ0v) is 18.6. The van der Waals surface area contributed by atoms with Gasteiger partial charge in [0.1, 0.15) is 0 Å². The first kappa shape index (κ1) is 21.7. The van der Waals surface area contributed by atoms with E-state index in [0.717, 1.165) is 21.7 Å². The summed E-state index contributed by atoms with van der Waals surface area (Å²) in [6.45, 7) is 4.02. The van der Waals surface area contributed by atoms with Gasteiger partial charge in [-0.3, -0.25) is 19.3 Å². The molecule has 3 aromatic rings. The van der Waals surface area contributed by atoms with Crippen molar-refractivity contribution in [3.8, 4) is 0 Å². The molecule has 4 rings (SSSR count). The first-order chi connectivity index (χ1) is 15.4. The molecule has 0 saturated carbocycles. The van der Waals surface area contributed by atoms with Crippen LogP contribution in [0, 0.1) is 13.8 Å². The molecule has 1 aliphatic rings. The number of nitrogens with zero attached hydrogens (tertiary/aromatic N) is 3. The van der Waals surface area contributed by atoms with Crippen molar-refractivity contribution in [3.05, 3.63) is 77.1 Å². The van der Waals surface area contributed by atoms with E-state index in [-0.39, 0.29) is 30.7 Å². The molecule has 162 valence electrons. The second kappa shape index (κ2) is 9.32. The second-order valence-electron chi connectivity index (χ2n) is 7.57. The van der Waals surface area contributed by atoms with Crippen LogP contribution in [0.3, 0.4) is 0 Å². The fourth-order valence-electron chi connectivity index (χ4n) is 3.50.